The minimum atomic E-state index is -3.42. The Morgan fingerprint density at radius 2 is 1.94 bits per heavy atom. The molecule has 0 unspecified atom stereocenters. The average Bonchev–Trinajstić information content (AvgIpc) is 2.79. The van der Waals surface area contributed by atoms with Crippen LogP contribution in [0.25, 0.3) is 0 Å². The number of benzene rings is 1. The maximum absolute atomic E-state index is 13.4. The third-order valence-corrected chi connectivity index (χ3v) is 6.93. The molecule has 1 aliphatic heterocycles. The molecule has 176 valence electrons. The fourth-order valence-corrected chi connectivity index (χ4v) is 3.86. The van der Waals surface area contributed by atoms with Crippen molar-refractivity contribution in [2.75, 3.05) is 33.0 Å². The van der Waals surface area contributed by atoms with Crippen LogP contribution in [-0.2, 0) is 10.0 Å². The van der Waals surface area contributed by atoms with E-state index < -0.39 is 22.2 Å². The minimum absolute atomic E-state index is 0.103. The Balaban J connectivity index is 2.01. The number of ether oxygens (including phenoxy) is 1. The molecule has 0 radical (unpaired) electrons. The van der Waals surface area contributed by atoms with Crippen LogP contribution in [0, 0.1) is 17.8 Å². The zero-order valence-corrected chi connectivity index (χ0v) is 20.0. The summed E-state index contributed by atoms with van der Waals surface area (Å²) in [5.74, 6) is 5.67. The summed E-state index contributed by atoms with van der Waals surface area (Å²) in [6, 6.07) is 10.7. The number of aliphatic hydroxyl groups excluding tert-OH is 1. The first kappa shape index (κ1) is 24.7. The molecule has 1 amide bonds. The summed E-state index contributed by atoms with van der Waals surface area (Å²) in [6.45, 7) is 3.84. The standard InChI is InChI=1S/C24H29N3O5S/c1-17-14-27(18(2)16-28)24(29)21-12-20(11-10-19-8-6-5-7-9-19)13-25-23(21)32-22(17)15-26(3)33(4,30)31/h5-9,12-13,17-18,22,28H,14-16H2,1-4H3/t17-,18+,22-/m0/s1. The summed E-state index contributed by atoms with van der Waals surface area (Å²) in [4.78, 5) is 19.3. The normalized spacial score (nSPS) is 19.6. The Morgan fingerprint density at radius 3 is 2.58 bits per heavy atom. The molecule has 33 heavy (non-hydrogen) atoms. The van der Waals surface area contributed by atoms with Gasteiger partial charge in [0.2, 0.25) is 15.9 Å². The molecule has 1 N–H and O–H groups in total. The molecule has 0 bridgehead atoms. The maximum Gasteiger partial charge on any atom is 0.259 e. The summed E-state index contributed by atoms with van der Waals surface area (Å²) < 4.78 is 31.2. The van der Waals surface area contributed by atoms with Crippen LogP contribution in [0.3, 0.4) is 0 Å². The van der Waals surface area contributed by atoms with Crippen LogP contribution in [0.5, 0.6) is 5.88 Å². The lowest BCUT2D eigenvalue weighted by molar-refractivity contribution is 0.0373. The minimum Gasteiger partial charge on any atom is -0.472 e. The van der Waals surface area contributed by atoms with E-state index in [1.807, 2.05) is 37.3 Å². The molecule has 8 nitrogen and oxygen atoms in total. The number of sulfonamides is 1. The summed E-state index contributed by atoms with van der Waals surface area (Å²) >= 11 is 0. The quantitative estimate of drug-likeness (QED) is 0.665. The second-order valence-electron chi connectivity index (χ2n) is 8.36. The summed E-state index contributed by atoms with van der Waals surface area (Å²) in [5.41, 5.74) is 1.61. The molecule has 2 aromatic rings. The van der Waals surface area contributed by atoms with Crippen molar-refractivity contribution in [2.45, 2.75) is 26.0 Å². The van der Waals surface area contributed by atoms with Gasteiger partial charge in [-0.1, -0.05) is 37.0 Å². The van der Waals surface area contributed by atoms with Gasteiger partial charge in [-0.25, -0.2) is 17.7 Å². The van der Waals surface area contributed by atoms with Gasteiger partial charge in [0, 0.05) is 36.8 Å². The van der Waals surface area contributed by atoms with Gasteiger partial charge in [-0.3, -0.25) is 4.79 Å². The van der Waals surface area contributed by atoms with Gasteiger partial charge in [0.25, 0.3) is 5.91 Å². The van der Waals surface area contributed by atoms with Crippen LogP contribution >= 0.6 is 0 Å². The molecule has 0 fully saturated rings. The number of aromatic nitrogens is 1. The number of hydrogen-bond donors (Lipinski definition) is 1. The number of amides is 1. The highest BCUT2D eigenvalue weighted by molar-refractivity contribution is 7.88. The Morgan fingerprint density at radius 1 is 1.27 bits per heavy atom. The Hall–Kier alpha value is -2.93. The van der Waals surface area contributed by atoms with E-state index in [0.29, 0.717) is 12.1 Å². The fourth-order valence-electron chi connectivity index (χ4n) is 3.44. The monoisotopic (exact) mass is 471 g/mol. The maximum atomic E-state index is 13.4. The molecule has 3 atom stereocenters. The molecule has 0 spiro atoms. The molecule has 1 aromatic carbocycles. The number of nitrogens with zero attached hydrogens (tertiary/aromatic N) is 3. The number of pyridine rings is 1. The Kier molecular flexibility index (Phi) is 7.74. The van der Waals surface area contributed by atoms with E-state index in [4.69, 9.17) is 4.74 Å². The molecule has 9 heteroatoms. The highest BCUT2D eigenvalue weighted by Gasteiger charge is 2.35. The van der Waals surface area contributed by atoms with Gasteiger partial charge in [0.15, 0.2) is 0 Å². The van der Waals surface area contributed by atoms with Gasteiger partial charge in [0.05, 0.1) is 25.4 Å². The molecule has 1 aromatic heterocycles. The third-order valence-electron chi connectivity index (χ3n) is 5.65. The van der Waals surface area contributed by atoms with E-state index in [0.717, 1.165) is 11.8 Å². The molecule has 0 saturated heterocycles. The van der Waals surface area contributed by atoms with Crippen molar-refractivity contribution in [3.8, 4) is 17.7 Å². The summed E-state index contributed by atoms with van der Waals surface area (Å²) in [6.07, 6.45) is 2.12. The first-order valence-corrected chi connectivity index (χ1v) is 12.5. The van der Waals surface area contributed by atoms with E-state index in [1.165, 1.54) is 17.5 Å². The first-order valence-electron chi connectivity index (χ1n) is 10.7. The number of carbonyl (C=O) groups is 1. The molecule has 3 rings (SSSR count). The van der Waals surface area contributed by atoms with Gasteiger partial charge in [-0.15, -0.1) is 0 Å². The van der Waals surface area contributed by atoms with Gasteiger partial charge in [-0.05, 0) is 25.1 Å². The second-order valence-corrected chi connectivity index (χ2v) is 10.4. The van der Waals surface area contributed by atoms with Gasteiger partial charge < -0.3 is 14.7 Å². The smallest absolute Gasteiger partial charge is 0.259 e. The number of carbonyl (C=O) groups excluding carboxylic acids is 1. The lowest BCUT2D eigenvalue weighted by Crippen LogP contribution is -2.50. The molecular weight excluding hydrogens is 442 g/mol. The SMILES string of the molecule is C[C@H](CO)N1C[C@H](C)[C@H](CN(C)S(C)(=O)=O)Oc2ncc(C#Cc3ccccc3)cc2C1=O. The zero-order chi connectivity index (χ0) is 24.2. The van der Waals surface area contributed by atoms with Crippen LogP contribution < -0.4 is 4.74 Å². The highest BCUT2D eigenvalue weighted by Crippen LogP contribution is 2.27. The largest absolute Gasteiger partial charge is 0.472 e. The predicted octanol–water partition coefficient (Wildman–Crippen LogP) is 1.59. The predicted molar refractivity (Wildman–Crippen MR) is 125 cm³/mol. The summed E-state index contributed by atoms with van der Waals surface area (Å²) in [5, 5.41) is 9.73. The summed E-state index contributed by atoms with van der Waals surface area (Å²) in [7, 11) is -1.93. The van der Waals surface area contributed by atoms with Crippen molar-refractivity contribution in [1.82, 2.24) is 14.2 Å². The van der Waals surface area contributed by atoms with Crippen LogP contribution in [0.15, 0.2) is 42.6 Å². The topological polar surface area (TPSA) is 100 Å². The van der Waals surface area contributed by atoms with E-state index in [-0.39, 0.29) is 36.4 Å². The van der Waals surface area contributed by atoms with Crippen molar-refractivity contribution < 1.29 is 23.1 Å². The molecule has 1 aliphatic rings. The average molecular weight is 472 g/mol. The fraction of sp³-hybridized carbons (Fsp3) is 0.417. The molecule has 0 saturated carbocycles. The van der Waals surface area contributed by atoms with E-state index in [2.05, 4.69) is 16.8 Å². The van der Waals surface area contributed by atoms with Crippen molar-refractivity contribution in [3.63, 3.8) is 0 Å². The molecule has 2 heterocycles. The highest BCUT2D eigenvalue weighted by atomic mass is 32.2. The van der Waals surface area contributed by atoms with Crippen LogP contribution in [-0.4, -0.2) is 78.8 Å². The zero-order valence-electron chi connectivity index (χ0n) is 19.2. The number of fused-ring (bicyclic) bond motifs is 1. The van der Waals surface area contributed by atoms with Crippen LogP contribution in [0.4, 0.5) is 0 Å². The number of rotatable bonds is 5. The van der Waals surface area contributed by atoms with Gasteiger partial charge in [0.1, 0.15) is 11.7 Å². The van der Waals surface area contributed by atoms with Crippen molar-refractivity contribution >= 4 is 15.9 Å². The van der Waals surface area contributed by atoms with Crippen molar-refractivity contribution in [3.05, 3.63) is 59.3 Å². The molecule has 0 aliphatic carbocycles. The van der Waals surface area contributed by atoms with E-state index >= 15 is 0 Å². The third kappa shape index (κ3) is 6.11. The first-order chi connectivity index (χ1) is 15.6. The van der Waals surface area contributed by atoms with Gasteiger partial charge >= 0.3 is 0 Å². The van der Waals surface area contributed by atoms with Gasteiger partial charge in [-0.2, -0.15) is 0 Å². The number of aliphatic hydroxyl groups is 1. The molecular formula is C24H29N3O5S. The Labute approximate surface area is 195 Å². The number of hydrogen-bond acceptors (Lipinski definition) is 6. The lowest BCUT2D eigenvalue weighted by atomic mass is 10.0. The number of likely N-dealkylation sites (N-methyl/N-ethyl adjacent to an activating group) is 1. The second kappa shape index (κ2) is 10.3. The van der Waals surface area contributed by atoms with E-state index in [1.54, 1.807) is 17.9 Å². The van der Waals surface area contributed by atoms with E-state index in [9.17, 15) is 18.3 Å². The van der Waals surface area contributed by atoms with Crippen LogP contribution in [0.1, 0.15) is 35.3 Å². The lowest BCUT2D eigenvalue weighted by Gasteiger charge is -2.37. The van der Waals surface area contributed by atoms with Crippen molar-refractivity contribution in [2.24, 2.45) is 5.92 Å². The Bertz CT molecular complexity index is 1160. The van der Waals surface area contributed by atoms with Crippen molar-refractivity contribution in [1.29, 1.82) is 0 Å². The van der Waals surface area contributed by atoms with Crippen LogP contribution in [0.2, 0.25) is 0 Å².